The van der Waals surface area contributed by atoms with Gasteiger partial charge >= 0.3 is 11.9 Å². The van der Waals surface area contributed by atoms with Gasteiger partial charge in [0.25, 0.3) is 0 Å². The van der Waals surface area contributed by atoms with Crippen LogP contribution >= 0.6 is 0 Å². The van der Waals surface area contributed by atoms with E-state index in [0.29, 0.717) is 0 Å². The first-order chi connectivity index (χ1) is 6.67. The lowest BCUT2D eigenvalue weighted by atomic mass is 10.3. The van der Waals surface area contributed by atoms with E-state index in [1.54, 1.807) is 13.8 Å². The quantitative estimate of drug-likeness (QED) is 0.348. The van der Waals surface area contributed by atoms with Crippen molar-refractivity contribution in [2.45, 2.75) is 19.9 Å². The fourth-order valence-corrected chi connectivity index (χ4v) is 0.752. The van der Waals surface area contributed by atoms with Crippen molar-refractivity contribution in [2.75, 3.05) is 13.2 Å². The highest BCUT2D eigenvalue weighted by molar-refractivity contribution is 6.00. The highest BCUT2D eigenvalue weighted by atomic mass is 16.6. The summed E-state index contributed by atoms with van der Waals surface area (Å²) in [6.45, 7) is 3.46. The van der Waals surface area contributed by atoms with E-state index in [0.717, 1.165) is 0 Å². The zero-order valence-electron chi connectivity index (χ0n) is 8.11. The van der Waals surface area contributed by atoms with Gasteiger partial charge in [-0.05, 0) is 13.8 Å². The van der Waals surface area contributed by atoms with Crippen LogP contribution < -0.4 is 5.32 Å². The number of amides is 1. The van der Waals surface area contributed by atoms with E-state index in [1.807, 2.05) is 5.32 Å². The molecule has 0 aromatic heterocycles. The topological polar surface area (TPSA) is 81.7 Å². The molecule has 0 heterocycles. The fourth-order valence-electron chi connectivity index (χ4n) is 0.752. The summed E-state index contributed by atoms with van der Waals surface area (Å²) in [6.07, 6.45) is 0.249. The summed E-state index contributed by atoms with van der Waals surface area (Å²) >= 11 is 0. The third kappa shape index (κ3) is 3.88. The van der Waals surface area contributed by atoms with Crippen LogP contribution in [0.25, 0.3) is 0 Å². The van der Waals surface area contributed by atoms with E-state index >= 15 is 0 Å². The van der Waals surface area contributed by atoms with Crippen molar-refractivity contribution in [1.82, 2.24) is 5.32 Å². The van der Waals surface area contributed by atoms with Gasteiger partial charge in [0.2, 0.25) is 12.5 Å². The molecule has 0 aromatic rings. The number of carbonyl (C=O) groups is 3. The third-order valence-electron chi connectivity index (χ3n) is 1.28. The number of esters is 2. The highest BCUT2D eigenvalue weighted by Gasteiger charge is 2.28. The molecule has 0 unspecified atom stereocenters. The first kappa shape index (κ1) is 12.4. The molecule has 1 N–H and O–H groups in total. The van der Waals surface area contributed by atoms with Crippen LogP contribution in [0, 0.1) is 0 Å². The first-order valence-corrected chi connectivity index (χ1v) is 4.20. The minimum Gasteiger partial charge on any atom is -0.464 e. The Hall–Kier alpha value is -1.59. The Morgan fingerprint density at radius 2 is 1.64 bits per heavy atom. The van der Waals surface area contributed by atoms with E-state index in [4.69, 9.17) is 0 Å². The van der Waals surface area contributed by atoms with Gasteiger partial charge in [-0.25, -0.2) is 9.59 Å². The van der Waals surface area contributed by atoms with Gasteiger partial charge in [0.1, 0.15) is 0 Å². The maximum absolute atomic E-state index is 11.1. The van der Waals surface area contributed by atoms with Crippen molar-refractivity contribution in [3.63, 3.8) is 0 Å². The molecule has 0 aliphatic rings. The highest BCUT2D eigenvalue weighted by Crippen LogP contribution is 1.93. The molecular formula is C8H13NO5. The van der Waals surface area contributed by atoms with E-state index in [-0.39, 0.29) is 19.6 Å². The van der Waals surface area contributed by atoms with Crippen LogP contribution in [0.2, 0.25) is 0 Å². The Morgan fingerprint density at radius 1 is 1.21 bits per heavy atom. The molecule has 6 nitrogen and oxygen atoms in total. The molecule has 0 atom stereocenters. The van der Waals surface area contributed by atoms with Gasteiger partial charge in [-0.1, -0.05) is 0 Å². The summed E-state index contributed by atoms with van der Waals surface area (Å²) in [7, 11) is 0. The lowest BCUT2D eigenvalue weighted by Gasteiger charge is -2.12. The van der Waals surface area contributed by atoms with Gasteiger partial charge in [-0.3, -0.25) is 4.79 Å². The van der Waals surface area contributed by atoms with Crippen LogP contribution in [-0.2, 0) is 23.9 Å². The number of hydrogen-bond acceptors (Lipinski definition) is 5. The van der Waals surface area contributed by atoms with E-state index < -0.39 is 18.0 Å². The molecule has 6 heteroatoms. The molecule has 0 spiro atoms. The fraction of sp³-hybridized carbons (Fsp3) is 0.625. The molecule has 0 aliphatic heterocycles. The minimum absolute atomic E-state index is 0.134. The van der Waals surface area contributed by atoms with Gasteiger partial charge in [0, 0.05) is 0 Å². The van der Waals surface area contributed by atoms with Gasteiger partial charge < -0.3 is 14.8 Å². The summed E-state index contributed by atoms with van der Waals surface area (Å²) in [5.41, 5.74) is 0. The van der Waals surface area contributed by atoms with Crippen LogP contribution in [-0.4, -0.2) is 37.6 Å². The molecule has 0 rings (SSSR count). The lowest BCUT2D eigenvalue weighted by Crippen LogP contribution is -2.44. The summed E-state index contributed by atoms with van der Waals surface area (Å²) < 4.78 is 9.13. The van der Waals surface area contributed by atoms with Crippen molar-refractivity contribution >= 4 is 18.3 Å². The molecule has 0 fully saturated rings. The van der Waals surface area contributed by atoms with Gasteiger partial charge in [-0.2, -0.15) is 0 Å². The molecule has 0 radical (unpaired) electrons. The van der Waals surface area contributed by atoms with Crippen molar-refractivity contribution in [1.29, 1.82) is 0 Å². The van der Waals surface area contributed by atoms with Crippen LogP contribution in [0.4, 0.5) is 0 Å². The summed E-state index contributed by atoms with van der Waals surface area (Å²) in [5, 5.41) is 2.02. The van der Waals surface area contributed by atoms with Crippen LogP contribution in [0.1, 0.15) is 13.8 Å². The summed E-state index contributed by atoms with van der Waals surface area (Å²) in [4.78, 5) is 32.3. The molecule has 14 heavy (non-hydrogen) atoms. The van der Waals surface area contributed by atoms with Crippen LogP contribution in [0.15, 0.2) is 0 Å². The third-order valence-corrected chi connectivity index (χ3v) is 1.28. The second kappa shape index (κ2) is 6.88. The lowest BCUT2D eigenvalue weighted by molar-refractivity contribution is -0.158. The van der Waals surface area contributed by atoms with Crippen LogP contribution in [0.5, 0.6) is 0 Å². The largest absolute Gasteiger partial charge is 0.464 e. The smallest absolute Gasteiger partial charge is 0.340 e. The van der Waals surface area contributed by atoms with Gasteiger partial charge in [0.05, 0.1) is 13.2 Å². The van der Waals surface area contributed by atoms with Crippen molar-refractivity contribution in [2.24, 2.45) is 0 Å². The zero-order valence-corrected chi connectivity index (χ0v) is 8.11. The first-order valence-electron chi connectivity index (χ1n) is 4.20. The average molecular weight is 203 g/mol. The van der Waals surface area contributed by atoms with Crippen molar-refractivity contribution < 1.29 is 23.9 Å². The van der Waals surface area contributed by atoms with Gasteiger partial charge in [-0.15, -0.1) is 0 Å². The van der Waals surface area contributed by atoms with Crippen LogP contribution in [0.3, 0.4) is 0 Å². The second-order valence-corrected chi connectivity index (χ2v) is 2.22. The van der Waals surface area contributed by atoms with E-state index in [1.165, 1.54) is 0 Å². The van der Waals surface area contributed by atoms with Gasteiger partial charge in [0.15, 0.2) is 0 Å². The molecule has 0 saturated carbocycles. The molecule has 0 aliphatic carbocycles. The predicted molar refractivity (Wildman–Crippen MR) is 46.3 cm³/mol. The molecule has 0 saturated heterocycles. The Balaban J connectivity index is 4.33. The van der Waals surface area contributed by atoms with E-state index in [9.17, 15) is 14.4 Å². The van der Waals surface area contributed by atoms with Crippen molar-refractivity contribution in [3.8, 4) is 0 Å². The Bertz CT molecular complexity index is 198. The number of nitrogens with one attached hydrogen (secondary N) is 1. The zero-order chi connectivity index (χ0) is 11.0. The minimum atomic E-state index is -1.37. The Morgan fingerprint density at radius 3 is 1.93 bits per heavy atom. The predicted octanol–water partition coefficient (Wildman–Crippen LogP) is -0.773. The normalized spacial score (nSPS) is 9.36. The molecule has 1 amide bonds. The summed E-state index contributed by atoms with van der Waals surface area (Å²) in [6, 6.07) is -1.37. The number of ether oxygens (including phenoxy) is 2. The molecule has 0 bridgehead atoms. The summed E-state index contributed by atoms with van der Waals surface area (Å²) in [5.74, 6) is -1.64. The maximum atomic E-state index is 11.1. The molecule has 0 aromatic carbocycles. The number of hydrogen-bond donors (Lipinski definition) is 1. The Kier molecular flexibility index (Phi) is 6.09. The second-order valence-electron chi connectivity index (χ2n) is 2.22. The number of rotatable bonds is 6. The monoisotopic (exact) mass is 203 g/mol. The standard InChI is InChI=1S/C8H13NO5/c1-3-13-7(11)6(9-5-10)8(12)14-4-2/h5-6H,3-4H2,1-2H3,(H,9,10). The van der Waals surface area contributed by atoms with Crippen molar-refractivity contribution in [3.05, 3.63) is 0 Å². The molecule has 80 valence electrons. The maximum Gasteiger partial charge on any atom is 0.340 e. The Labute approximate surface area is 81.6 Å². The average Bonchev–Trinajstić information content (AvgIpc) is 2.14. The van der Waals surface area contributed by atoms with E-state index in [2.05, 4.69) is 9.47 Å². The SMILES string of the molecule is CCOC(=O)C(NC=O)C(=O)OCC. The molecular weight excluding hydrogens is 190 g/mol. The number of carbonyl (C=O) groups excluding carboxylic acids is 3.